The third kappa shape index (κ3) is 4.25. The largest absolute Gasteiger partial charge is 0.387 e. The van der Waals surface area contributed by atoms with Crippen LogP contribution < -0.4 is 10.5 Å². The monoisotopic (exact) mass is 262 g/mol. The third-order valence-corrected chi connectivity index (χ3v) is 4.51. The highest BCUT2D eigenvalue weighted by Crippen LogP contribution is 2.24. The molecule has 1 aliphatic rings. The molecule has 17 heavy (non-hydrogen) atoms. The first-order valence-corrected chi connectivity index (χ1v) is 7.50. The van der Waals surface area contributed by atoms with E-state index in [0.717, 1.165) is 32.1 Å². The fraction of sp³-hybridized carbons (Fsp3) is 0.900. The summed E-state index contributed by atoms with van der Waals surface area (Å²) in [6.07, 6.45) is 4.56. The van der Waals surface area contributed by atoms with Crippen LogP contribution in [-0.4, -0.2) is 37.7 Å². The smallest absolute Gasteiger partial charge is 0.280 e. The molecule has 0 aromatic heterocycles. The predicted octanol–water partition coefficient (Wildman–Crippen LogP) is 0.411. The summed E-state index contributed by atoms with van der Waals surface area (Å²) in [5, 5.41) is 7.29. The summed E-state index contributed by atoms with van der Waals surface area (Å²) >= 11 is 0. The summed E-state index contributed by atoms with van der Waals surface area (Å²) in [5.41, 5.74) is 5.34. The van der Waals surface area contributed by atoms with E-state index in [2.05, 4.69) is 4.72 Å². The molecule has 6 nitrogen and oxygen atoms in total. The van der Waals surface area contributed by atoms with Crippen molar-refractivity contribution in [3.05, 3.63) is 0 Å². The highest BCUT2D eigenvalue weighted by Gasteiger charge is 2.31. The number of hydrogen-bond donors (Lipinski definition) is 3. The van der Waals surface area contributed by atoms with Gasteiger partial charge in [-0.15, -0.1) is 0 Å². The van der Waals surface area contributed by atoms with Crippen LogP contribution in [-0.2, 0) is 10.2 Å². The molecule has 0 aromatic rings. The van der Waals surface area contributed by atoms with Crippen LogP contribution in [0.1, 0.15) is 39.0 Å². The van der Waals surface area contributed by atoms with Crippen molar-refractivity contribution in [3.63, 3.8) is 0 Å². The molecule has 0 saturated heterocycles. The summed E-state index contributed by atoms with van der Waals surface area (Å²) in [4.78, 5) is 0. The van der Waals surface area contributed by atoms with Crippen LogP contribution in [0.15, 0.2) is 0 Å². The van der Waals surface area contributed by atoms with Crippen LogP contribution in [0, 0.1) is 5.41 Å². The highest BCUT2D eigenvalue weighted by atomic mass is 32.2. The lowest BCUT2D eigenvalue weighted by Crippen LogP contribution is -2.49. The summed E-state index contributed by atoms with van der Waals surface area (Å²) in [6.45, 7) is 2.32. The van der Waals surface area contributed by atoms with Gasteiger partial charge in [-0.25, -0.2) is 4.72 Å². The molecule has 0 bridgehead atoms. The first-order valence-electron chi connectivity index (χ1n) is 6.06. The van der Waals surface area contributed by atoms with E-state index in [9.17, 15) is 8.42 Å². The summed E-state index contributed by atoms with van der Waals surface area (Å²) in [5.74, 6) is -0.112. The Kier molecular flexibility index (Phi) is 5.35. The molecule has 1 aliphatic carbocycles. The fourth-order valence-corrected chi connectivity index (χ4v) is 3.62. The first kappa shape index (κ1) is 14.4. The van der Waals surface area contributed by atoms with Crippen LogP contribution in [0.25, 0.3) is 0 Å². The van der Waals surface area contributed by atoms with E-state index >= 15 is 0 Å². The van der Waals surface area contributed by atoms with E-state index in [1.807, 2.05) is 6.92 Å². The molecule has 1 saturated carbocycles. The van der Waals surface area contributed by atoms with Crippen molar-refractivity contribution < 1.29 is 8.42 Å². The minimum Gasteiger partial charge on any atom is -0.387 e. The van der Waals surface area contributed by atoms with E-state index in [1.165, 1.54) is 4.31 Å². The SMILES string of the molecule is CCCNS(=O)(=O)N(CC(=N)N)C1CCCC1. The average Bonchev–Trinajstić information content (AvgIpc) is 2.76. The maximum Gasteiger partial charge on any atom is 0.280 e. The van der Waals surface area contributed by atoms with E-state index in [4.69, 9.17) is 11.1 Å². The molecule has 0 atom stereocenters. The van der Waals surface area contributed by atoms with Crippen molar-refractivity contribution >= 4 is 16.0 Å². The van der Waals surface area contributed by atoms with Gasteiger partial charge >= 0.3 is 0 Å². The van der Waals surface area contributed by atoms with Crippen molar-refractivity contribution in [3.8, 4) is 0 Å². The van der Waals surface area contributed by atoms with E-state index in [0.29, 0.717) is 6.54 Å². The number of nitrogens with one attached hydrogen (secondary N) is 2. The molecule has 100 valence electrons. The molecular formula is C10H22N4O2S. The van der Waals surface area contributed by atoms with E-state index < -0.39 is 10.2 Å². The Morgan fingerprint density at radius 1 is 1.47 bits per heavy atom. The molecule has 0 unspecified atom stereocenters. The van der Waals surface area contributed by atoms with Crippen LogP contribution in [0.5, 0.6) is 0 Å². The van der Waals surface area contributed by atoms with Gasteiger partial charge in [0.1, 0.15) is 5.84 Å². The van der Waals surface area contributed by atoms with Gasteiger partial charge in [-0.3, -0.25) is 5.41 Å². The van der Waals surface area contributed by atoms with Crippen molar-refractivity contribution in [2.75, 3.05) is 13.1 Å². The van der Waals surface area contributed by atoms with Gasteiger partial charge in [0.05, 0.1) is 6.54 Å². The number of rotatable bonds is 7. The van der Waals surface area contributed by atoms with Gasteiger partial charge in [0, 0.05) is 12.6 Å². The Balaban J connectivity index is 2.76. The topological polar surface area (TPSA) is 99.3 Å². The number of hydrogen-bond acceptors (Lipinski definition) is 3. The summed E-state index contributed by atoms with van der Waals surface area (Å²) in [7, 11) is -3.50. The number of amidine groups is 1. The molecular weight excluding hydrogens is 240 g/mol. The molecule has 0 amide bonds. The Bertz CT molecular complexity index is 349. The Morgan fingerprint density at radius 3 is 2.53 bits per heavy atom. The van der Waals surface area contributed by atoms with Crippen molar-refractivity contribution in [2.45, 2.75) is 45.1 Å². The van der Waals surface area contributed by atoms with Gasteiger partial charge in [-0.1, -0.05) is 19.8 Å². The highest BCUT2D eigenvalue weighted by molar-refractivity contribution is 7.87. The van der Waals surface area contributed by atoms with Gasteiger partial charge in [-0.2, -0.15) is 12.7 Å². The normalized spacial score (nSPS) is 17.8. The van der Waals surface area contributed by atoms with E-state index in [-0.39, 0.29) is 18.4 Å². The van der Waals surface area contributed by atoms with Crippen molar-refractivity contribution in [1.29, 1.82) is 5.41 Å². The van der Waals surface area contributed by atoms with Crippen molar-refractivity contribution in [2.24, 2.45) is 5.73 Å². The quantitative estimate of drug-likeness (QED) is 0.457. The Labute approximate surface area is 103 Å². The maximum atomic E-state index is 12.1. The molecule has 0 aromatic carbocycles. The van der Waals surface area contributed by atoms with Crippen LogP contribution >= 0.6 is 0 Å². The molecule has 0 spiro atoms. The van der Waals surface area contributed by atoms with E-state index in [1.54, 1.807) is 0 Å². The zero-order valence-electron chi connectivity index (χ0n) is 10.3. The first-order chi connectivity index (χ1) is 7.97. The van der Waals surface area contributed by atoms with Crippen molar-refractivity contribution in [1.82, 2.24) is 9.03 Å². The van der Waals surface area contributed by atoms with Crippen LogP contribution in [0.2, 0.25) is 0 Å². The minimum absolute atomic E-state index is 0.00624. The predicted molar refractivity (Wildman–Crippen MR) is 68.1 cm³/mol. The van der Waals surface area contributed by atoms with Gasteiger partial charge in [0.25, 0.3) is 10.2 Å². The molecule has 0 radical (unpaired) electrons. The molecule has 1 fully saturated rings. The lowest BCUT2D eigenvalue weighted by Gasteiger charge is -2.27. The lowest BCUT2D eigenvalue weighted by atomic mass is 10.2. The minimum atomic E-state index is -3.50. The number of nitrogens with zero attached hydrogens (tertiary/aromatic N) is 1. The van der Waals surface area contributed by atoms with Crippen LogP contribution in [0.4, 0.5) is 0 Å². The maximum absolute atomic E-state index is 12.1. The number of nitrogens with two attached hydrogens (primary N) is 1. The molecule has 0 aliphatic heterocycles. The standard InChI is InChI=1S/C10H22N4O2S/c1-2-7-13-17(15,16)14(8-10(11)12)9-5-3-4-6-9/h9,13H,2-8H2,1H3,(H3,11,12). The fourth-order valence-electron chi connectivity index (χ4n) is 2.08. The van der Waals surface area contributed by atoms with Gasteiger partial charge in [-0.05, 0) is 19.3 Å². The molecule has 7 heteroatoms. The van der Waals surface area contributed by atoms with Gasteiger partial charge in [0.15, 0.2) is 0 Å². The zero-order chi connectivity index (χ0) is 12.9. The Hall–Kier alpha value is -0.660. The third-order valence-electron chi connectivity index (χ3n) is 2.90. The molecule has 4 N–H and O–H groups in total. The Morgan fingerprint density at radius 2 is 2.06 bits per heavy atom. The van der Waals surface area contributed by atoms with Gasteiger partial charge < -0.3 is 5.73 Å². The summed E-state index contributed by atoms with van der Waals surface area (Å²) in [6, 6.07) is -0.00624. The summed E-state index contributed by atoms with van der Waals surface area (Å²) < 4.78 is 28.0. The zero-order valence-corrected chi connectivity index (χ0v) is 11.1. The second-order valence-corrected chi connectivity index (χ2v) is 6.12. The lowest BCUT2D eigenvalue weighted by molar-refractivity contribution is 0.348. The van der Waals surface area contributed by atoms with Crippen LogP contribution in [0.3, 0.4) is 0 Å². The average molecular weight is 262 g/mol. The molecule has 0 heterocycles. The van der Waals surface area contributed by atoms with Gasteiger partial charge in [0.2, 0.25) is 0 Å². The second kappa shape index (κ2) is 6.32. The molecule has 1 rings (SSSR count). The second-order valence-electron chi connectivity index (χ2n) is 4.41.